The van der Waals surface area contributed by atoms with Gasteiger partial charge in [0.05, 0.1) is 6.04 Å². The van der Waals surface area contributed by atoms with Crippen LogP contribution >= 0.6 is 11.3 Å². The molecule has 1 aliphatic heterocycles. The highest BCUT2D eigenvalue weighted by Crippen LogP contribution is 2.19. The van der Waals surface area contributed by atoms with Gasteiger partial charge in [-0.15, -0.1) is 11.3 Å². The van der Waals surface area contributed by atoms with E-state index in [9.17, 15) is 17.6 Å². The molecule has 2 heterocycles. The van der Waals surface area contributed by atoms with E-state index in [-0.39, 0.29) is 5.91 Å². The molecule has 26 heavy (non-hydrogen) atoms. The molecular formula is C16H19FN4O3S2. The third kappa shape index (κ3) is 4.02. The lowest BCUT2D eigenvalue weighted by atomic mass is 10.2. The van der Waals surface area contributed by atoms with Crippen LogP contribution in [-0.4, -0.2) is 56.4 Å². The van der Waals surface area contributed by atoms with Gasteiger partial charge in [-0.05, 0) is 19.1 Å². The van der Waals surface area contributed by atoms with Gasteiger partial charge in [-0.25, -0.2) is 17.8 Å². The van der Waals surface area contributed by atoms with E-state index in [1.807, 2.05) is 5.38 Å². The summed E-state index contributed by atoms with van der Waals surface area (Å²) >= 11 is 1.54. The normalized spacial score (nSPS) is 16.5. The lowest BCUT2D eigenvalue weighted by Gasteiger charge is -2.35. The molecule has 1 atom stereocenters. The van der Waals surface area contributed by atoms with E-state index in [4.69, 9.17) is 0 Å². The Kier molecular flexibility index (Phi) is 5.54. The Bertz CT molecular complexity index is 865. The average Bonchev–Trinajstić information content (AvgIpc) is 3.15. The minimum absolute atomic E-state index is 0.330. The fourth-order valence-corrected chi connectivity index (χ4v) is 4.75. The molecule has 0 saturated carbocycles. The van der Waals surface area contributed by atoms with E-state index < -0.39 is 26.8 Å². The van der Waals surface area contributed by atoms with Gasteiger partial charge >= 0.3 is 0 Å². The first-order valence-corrected chi connectivity index (χ1v) is 10.4. The van der Waals surface area contributed by atoms with Gasteiger partial charge in [0.15, 0.2) is 5.13 Å². The van der Waals surface area contributed by atoms with Crippen LogP contribution in [0.1, 0.15) is 6.92 Å². The topological polar surface area (TPSA) is 82.6 Å². The third-order valence-corrected chi connectivity index (χ3v) is 6.52. The quantitative estimate of drug-likeness (QED) is 0.821. The van der Waals surface area contributed by atoms with Gasteiger partial charge in [0.25, 0.3) is 0 Å². The van der Waals surface area contributed by atoms with Gasteiger partial charge in [-0.1, -0.05) is 12.1 Å². The van der Waals surface area contributed by atoms with Crippen molar-refractivity contribution in [1.82, 2.24) is 14.6 Å². The molecule has 1 saturated heterocycles. The van der Waals surface area contributed by atoms with Crippen LogP contribution in [0.15, 0.2) is 40.7 Å². The summed E-state index contributed by atoms with van der Waals surface area (Å²) in [5, 5.41) is 2.80. The van der Waals surface area contributed by atoms with Crippen molar-refractivity contribution in [3.8, 4) is 0 Å². The lowest BCUT2D eigenvalue weighted by molar-refractivity contribution is -0.132. The zero-order chi connectivity index (χ0) is 18.7. The number of thiazole rings is 1. The molecule has 1 fully saturated rings. The maximum atomic E-state index is 13.7. The van der Waals surface area contributed by atoms with Gasteiger partial charge in [0.1, 0.15) is 10.7 Å². The number of halogens is 1. The molecule has 10 heteroatoms. The van der Waals surface area contributed by atoms with Crippen LogP contribution < -0.4 is 9.62 Å². The molecule has 0 aliphatic carbocycles. The van der Waals surface area contributed by atoms with E-state index in [0.29, 0.717) is 26.2 Å². The number of nitrogens with one attached hydrogen (secondary N) is 1. The van der Waals surface area contributed by atoms with Crippen molar-refractivity contribution in [2.24, 2.45) is 0 Å². The number of amides is 1. The fourth-order valence-electron chi connectivity index (χ4n) is 2.77. The molecule has 7 nitrogen and oxygen atoms in total. The lowest BCUT2D eigenvalue weighted by Crippen LogP contribution is -2.54. The SMILES string of the molecule is CC(NS(=O)(=O)c1ccccc1F)C(=O)N1CCN(c2nccs2)CC1. The first kappa shape index (κ1) is 18.7. The van der Waals surface area contributed by atoms with Crippen molar-refractivity contribution in [3.63, 3.8) is 0 Å². The highest BCUT2D eigenvalue weighted by molar-refractivity contribution is 7.89. The molecule has 1 amide bonds. The smallest absolute Gasteiger partial charge is 0.244 e. The second-order valence-electron chi connectivity index (χ2n) is 5.90. The highest BCUT2D eigenvalue weighted by Gasteiger charge is 2.29. The minimum Gasteiger partial charge on any atom is -0.345 e. The molecule has 1 aromatic heterocycles. The molecule has 0 radical (unpaired) electrons. The monoisotopic (exact) mass is 398 g/mol. The molecular weight excluding hydrogens is 379 g/mol. The molecule has 3 rings (SSSR count). The number of nitrogens with zero attached hydrogens (tertiary/aromatic N) is 3. The van der Waals surface area contributed by atoms with Gasteiger partial charge < -0.3 is 9.80 Å². The molecule has 0 spiro atoms. The first-order chi connectivity index (χ1) is 12.4. The Morgan fingerprint density at radius 3 is 2.58 bits per heavy atom. The van der Waals surface area contributed by atoms with Crippen molar-refractivity contribution in [2.75, 3.05) is 31.1 Å². The maximum Gasteiger partial charge on any atom is 0.244 e. The Labute approximate surface area is 155 Å². The van der Waals surface area contributed by atoms with Crippen LogP contribution in [0.4, 0.5) is 9.52 Å². The standard InChI is InChI=1S/C16H19FN4O3S2/c1-12(19-26(23,24)14-5-3-2-4-13(14)17)15(22)20-7-9-21(10-8-20)16-18-6-11-25-16/h2-6,11-12,19H,7-10H2,1H3. The van der Waals surface area contributed by atoms with Crippen LogP contribution in [0.5, 0.6) is 0 Å². The van der Waals surface area contributed by atoms with E-state index in [0.717, 1.165) is 11.2 Å². The van der Waals surface area contributed by atoms with Crippen LogP contribution in [-0.2, 0) is 14.8 Å². The number of carbonyl (C=O) groups excluding carboxylic acids is 1. The van der Waals surface area contributed by atoms with E-state index >= 15 is 0 Å². The minimum atomic E-state index is -4.11. The number of rotatable bonds is 5. The third-order valence-electron chi connectivity index (χ3n) is 4.11. The zero-order valence-corrected chi connectivity index (χ0v) is 15.8. The summed E-state index contributed by atoms with van der Waals surface area (Å²) < 4.78 is 40.7. The summed E-state index contributed by atoms with van der Waals surface area (Å²) in [5.74, 6) is -1.18. The number of piperazine rings is 1. The van der Waals surface area contributed by atoms with Crippen molar-refractivity contribution in [1.29, 1.82) is 0 Å². The number of anilines is 1. The molecule has 1 N–H and O–H groups in total. The Balaban J connectivity index is 1.61. The summed E-state index contributed by atoms with van der Waals surface area (Å²) in [6.07, 6.45) is 1.73. The second kappa shape index (κ2) is 7.68. The molecule has 140 valence electrons. The largest absolute Gasteiger partial charge is 0.345 e. The Hall–Kier alpha value is -2.04. The molecule has 1 unspecified atom stereocenters. The molecule has 1 aromatic carbocycles. The van der Waals surface area contributed by atoms with Crippen LogP contribution in [0.3, 0.4) is 0 Å². The molecule has 0 bridgehead atoms. The Morgan fingerprint density at radius 1 is 1.27 bits per heavy atom. The maximum absolute atomic E-state index is 13.7. The summed E-state index contributed by atoms with van der Waals surface area (Å²) in [5.41, 5.74) is 0. The van der Waals surface area contributed by atoms with E-state index in [1.165, 1.54) is 36.5 Å². The number of benzene rings is 1. The van der Waals surface area contributed by atoms with Crippen molar-refractivity contribution in [2.45, 2.75) is 17.9 Å². The fraction of sp³-hybridized carbons (Fsp3) is 0.375. The summed E-state index contributed by atoms with van der Waals surface area (Å²) in [7, 11) is -4.11. The number of aromatic nitrogens is 1. The number of sulfonamides is 1. The predicted molar refractivity (Wildman–Crippen MR) is 97.1 cm³/mol. The summed E-state index contributed by atoms with van der Waals surface area (Å²) in [6, 6.07) is 4.10. The van der Waals surface area contributed by atoms with Crippen molar-refractivity contribution < 1.29 is 17.6 Å². The van der Waals surface area contributed by atoms with Gasteiger partial charge in [-0.3, -0.25) is 4.79 Å². The van der Waals surface area contributed by atoms with Gasteiger partial charge in [0, 0.05) is 37.8 Å². The van der Waals surface area contributed by atoms with Crippen LogP contribution in [0.2, 0.25) is 0 Å². The highest BCUT2D eigenvalue weighted by atomic mass is 32.2. The summed E-state index contributed by atoms with van der Waals surface area (Å²) in [6.45, 7) is 3.68. The number of carbonyl (C=O) groups is 1. The zero-order valence-electron chi connectivity index (χ0n) is 14.1. The number of hydrogen-bond acceptors (Lipinski definition) is 6. The average molecular weight is 398 g/mol. The first-order valence-electron chi connectivity index (χ1n) is 8.08. The van der Waals surface area contributed by atoms with Crippen molar-refractivity contribution in [3.05, 3.63) is 41.7 Å². The Morgan fingerprint density at radius 2 is 1.96 bits per heavy atom. The molecule has 2 aromatic rings. The predicted octanol–water partition coefficient (Wildman–Crippen LogP) is 1.30. The van der Waals surface area contributed by atoms with E-state index in [2.05, 4.69) is 14.6 Å². The van der Waals surface area contributed by atoms with Crippen molar-refractivity contribution >= 4 is 32.4 Å². The molecule has 1 aliphatic rings. The van der Waals surface area contributed by atoms with Gasteiger partial charge in [0.2, 0.25) is 15.9 Å². The summed E-state index contributed by atoms with van der Waals surface area (Å²) in [4.78, 5) is 20.0. The van der Waals surface area contributed by atoms with E-state index in [1.54, 1.807) is 11.1 Å². The van der Waals surface area contributed by atoms with Crippen LogP contribution in [0.25, 0.3) is 0 Å². The van der Waals surface area contributed by atoms with Gasteiger partial charge in [-0.2, -0.15) is 4.72 Å². The number of hydrogen-bond donors (Lipinski definition) is 1. The van der Waals surface area contributed by atoms with Crippen LogP contribution in [0, 0.1) is 5.82 Å². The second-order valence-corrected chi connectivity index (χ2v) is 8.46.